The first kappa shape index (κ1) is 16.2. The summed E-state index contributed by atoms with van der Waals surface area (Å²) >= 11 is 0. The molecule has 3 fully saturated rings. The molecular formula is C20H23NO4. The smallest absolute Gasteiger partial charge is 0.355 e. The van der Waals surface area contributed by atoms with Crippen LogP contribution in [0.15, 0.2) is 42.6 Å². The van der Waals surface area contributed by atoms with Crippen LogP contribution in [0.2, 0.25) is 0 Å². The quantitative estimate of drug-likeness (QED) is 0.508. The molecule has 2 saturated carbocycles. The van der Waals surface area contributed by atoms with E-state index >= 15 is 0 Å². The van der Waals surface area contributed by atoms with Gasteiger partial charge in [0.1, 0.15) is 17.9 Å². The number of fused-ring (bicyclic) bond motifs is 2. The molecule has 1 N–H and O–H groups in total. The minimum absolute atomic E-state index is 0.0263. The fraction of sp³-hybridized carbons (Fsp3) is 0.500. The van der Waals surface area contributed by atoms with Crippen LogP contribution >= 0.6 is 0 Å². The van der Waals surface area contributed by atoms with E-state index in [9.17, 15) is 9.59 Å². The van der Waals surface area contributed by atoms with Gasteiger partial charge in [-0.25, -0.2) is 9.59 Å². The van der Waals surface area contributed by atoms with E-state index in [-0.39, 0.29) is 41.4 Å². The van der Waals surface area contributed by atoms with Crippen LogP contribution in [-0.2, 0) is 14.3 Å². The molecule has 132 valence electrons. The molecular weight excluding hydrogens is 318 g/mol. The maximum Gasteiger partial charge on any atom is 0.355 e. The lowest BCUT2D eigenvalue weighted by Gasteiger charge is -2.51. The Morgan fingerprint density at radius 2 is 2.24 bits per heavy atom. The molecule has 0 spiro atoms. The Morgan fingerprint density at radius 1 is 1.44 bits per heavy atom. The van der Waals surface area contributed by atoms with Crippen LogP contribution in [0.1, 0.15) is 43.1 Å². The number of carbonyl (C=O) groups is 2. The van der Waals surface area contributed by atoms with Crippen molar-refractivity contribution in [1.29, 1.82) is 0 Å². The van der Waals surface area contributed by atoms with Gasteiger partial charge in [0.15, 0.2) is 0 Å². The average molecular weight is 341 g/mol. The number of esters is 2. The lowest BCUT2D eigenvalue weighted by molar-refractivity contribution is -0.142. The summed E-state index contributed by atoms with van der Waals surface area (Å²) in [5, 5.41) is 0. The van der Waals surface area contributed by atoms with Gasteiger partial charge in [-0.05, 0) is 54.7 Å². The van der Waals surface area contributed by atoms with Crippen molar-refractivity contribution in [1.82, 2.24) is 4.98 Å². The van der Waals surface area contributed by atoms with Gasteiger partial charge in [0.2, 0.25) is 0 Å². The van der Waals surface area contributed by atoms with Crippen LogP contribution in [-0.4, -0.2) is 29.1 Å². The monoisotopic (exact) mass is 341 g/mol. The number of aromatic nitrogens is 1. The zero-order valence-electron chi connectivity index (χ0n) is 14.4. The SMILES string of the molecule is C=C1C(=O)O[C@@H]2C[C@@]3(C)CC[C@@H](OC(=O)c4ccc[nH]4)C(=C)[C@@H]3C[C@H]12. The molecule has 3 aliphatic rings. The molecule has 5 atom stereocenters. The molecule has 4 rings (SSSR count). The highest BCUT2D eigenvalue weighted by Gasteiger charge is 2.54. The summed E-state index contributed by atoms with van der Waals surface area (Å²) in [5.41, 5.74) is 2.01. The summed E-state index contributed by atoms with van der Waals surface area (Å²) < 4.78 is 11.2. The van der Waals surface area contributed by atoms with E-state index in [1.165, 1.54) is 0 Å². The third kappa shape index (κ3) is 2.53. The third-order valence-corrected chi connectivity index (χ3v) is 6.32. The minimum atomic E-state index is -0.350. The van der Waals surface area contributed by atoms with Gasteiger partial charge >= 0.3 is 11.9 Å². The van der Waals surface area contributed by atoms with Crippen molar-refractivity contribution in [3.8, 4) is 0 Å². The molecule has 2 aliphatic carbocycles. The maximum absolute atomic E-state index is 12.3. The predicted molar refractivity (Wildman–Crippen MR) is 91.7 cm³/mol. The van der Waals surface area contributed by atoms with Gasteiger partial charge in [-0.3, -0.25) is 0 Å². The van der Waals surface area contributed by atoms with Crippen LogP contribution in [0.5, 0.6) is 0 Å². The summed E-state index contributed by atoms with van der Waals surface area (Å²) in [6.07, 6.45) is 4.65. The third-order valence-electron chi connectivity index (χ3n) is 6.32. The van der Waals surface area contributed by atoms with Gasteiger partial charge in [0.25, 0.3) is 0 Å². The Hall–Kier alpha value is -2.30. The number of H-pyrrole nitrogens is 1. The molecule has 2 heterocycles. The number of hydrogen-bond donors (Lipinski definition) is 1. The molecule has 1 aliphatic heterocycles. The van der Waals surface area contributed by atoms with Crippen LogP contribution < -0.4 is 0 Å². The van der Waals surface area contributed by atoms with Crippen molar-refractivity contribution in [3.63, 3.8) is 0 Å². The maximum atomic E-state index is 12.3. The van der Waals surface area contributed by atoms with Crippen LogP contribution in [0, 0.1) is 17.3 Å². The minimum Gasteiger partial charge on any atom is -0.458 e. The van der Waals surface area contributed by atoms with Gasteiger partial charge in [0.05, 0.1) is 0 Å². The number of carbonyl (C=O) groups excluding carboxylic acids is 2. The molecule has 0 bridgehead atoms. The van der Waals surface area contributed by atoms with E-state index in [1.54, 1.807) is 18.3 Å². The van der Waals surface area contributed by atoms with Crippen molar-refractivity contribution in [2.24, 2.45) is 17.3 Å². The zero-order valence-corrected chi connectivity index (χ0v) is 14.4. The highest BCUT2D eigenvalue weighted by molar-refractivity contribution is 5.91. The van der Waals surface area contributed by atoms with Gasteiger partial charge in [0, 0.05) is 17.7 Å². The molecule has 0 unspecified atom stereocenters. The first-order chi connectivity index (χ1) is 11.9. The predicted octanol–water partition coefficient (Wildman–Crippen LogP) is 3.40. The number of rotatable bonds is 2. The Labute approximate surface area is 147 Å². The van der Waals surface area contributed by atoms with E-state index in [1.807, 2.05) is 0 Å². The Kier molecular flexibility index (Phi) is 3.63. The second-order valence-electron chi connectivity index (χ2n) is 7.81. The summed E-state index contributed by atoms with van der Waals surface area (Å²) in [6.45, 7) is 10.4. The van der Waals surface area contributed by atoms with Gasteiger partial charge in [-0.1, -0.05) is 20.1 Å². The number of ether oxygens (including phenoxy) is 2. The van der Waals surface area contributed by atoms with Gasteiger partial charge in [-0.2, -0.15) is 0 Å². The molecule has 5 heteroatoms. The molecule has 1 saturated heterocycles. The molecule has 0 aromatic carbocycles. The number of nitrogens with one attached hydrogen (secondary N) is 1. The highest BCUT2D eigenvalue weighted by atomic mass is 16.6. The summed E-state index contributed by atoms with van der Waals surface area (Å²) in [4.78, 5) is 27.0. The second-order valence-corrected chi connectivity index (χ2v) is 7.81. The zero-order chi connectivity index (χ0) is 17.8. The standard InChI is InChI=1S/C20H23NO4/c1-11-13-9-14-12(2)16(24-19(23)15-5-4-8-21-15)6-7-20(14,3)10-17(13)25-18(11)22/h4-5,8,13-14,16-17,21H,1-2,6-7,9-10H2,3H3/t13-,14+,16-,17-,20-/m1/s1. The van der Waals surface area contributed by atoms with Crippen LogP contribution in [0.4, 0.5) is 0 Å². The second kappa shape index (κ2) is 5.61. The molecule has 5 nitrogen and oxygen atoms in total. The highest BCUT2D eigenvalue weighted by Crippen LogP contribution is 2.57. The first-order valence-electron chi connectivity index (χ1n) is 8.82. The summed E-state index contributed by atoms with van der Waals surface area (Å²) in [6, 6.07) is 3.47. The largest absolute Gasteiger partial charge is 0.458 e. The lowest BCUT2D eigenvalue weighted by Crippen LogP contribution is -2.47. The van der Waals surface area contributed by atoms with Crippen molar-refractivity contribution >= 4 is 11.9 Å². The molecule has 0 radical (unpaired) electrons. The van der Waals surface area contributed by atoms with Crippen molar-refractivity contribution in [2.75, 3.05) is 0 Å². The van der Waals surface area contributed by atoms with E-state index in [0.29, 0.717) is 11.3 Å². The topological polar surface area (TPSA) is 68.4 Å². The fourth-order valence-electron chi connectivity index (χ4n) is 4.82. The Morgan fingerprint density at radius 3 is 2.96 bits per heavy atom. The van der Waals surface area contributed by atoms with Crippen molar-refractivity contribution < 1.29 is 19.1 Å². The Bertz CT molecular complexity index is 750. The fourth-order valence-corrected chi connectivity index (χ4v) is 4.82. The van der Waals surface area contributed by atoms with E-state index in [4.69, 9.17) is 9.47 Å². The van der Waals surface area contributed by atoms with E-state index < -0.39 is 0 Å². The van der Waals surface area contributed by atoms with Crippen LogP contribution in [0.25, 0.3) is 0 Å². The van der Waals surface area contributed by atoms with Crippen LogP contribution in [0.3, 0.4) is 0 Å². The summed E-state index contributed by atoms with van der Waals surface area (Å²) in [5.74, 6) is -0.356. The van der Waals surface area contributed by atoms with E-state index in [0.717, 1.165) is 31.3 Å². The van der Waals surface area contributed by atoms with Crippen molar-refractivity contribution in [2.45, 2.75) is 44.8 Å². The normalized spacial score (nSPS) is 37.2. The number of aromatic amines is 1. The number of hydrogen-bond acceptors (Lipinski definition) is 4. The molecule has 0 amide bonds. The molecule has 1 aromatic heterocycles. The van der Waals surface area contributed by atoms with Crippen molar-refractivity contribution in [3.05, 3.63) is 48.3 Å². The van der Waals surface area contributed by atoms with Gasteiger partial charge < -0.3 is 14.5 Å². The summed E-state index contributed by atoms with van der Waals surface area (Å²) in [7, 11) is 0. The first-order valence-corrected chi connectivity index (χ1v) is 8.82. The van der Waals surface area contributed by atoms with E-state index in [2.05, 4.69) is 25.1 Å². The Balaban J connectivity index is 1.52. The lowest BCUT2D eigenvalue weighted by atomic mass is 9.55. The molecule has 25 heavy (non-hydrogen) atoms. The molecule has 1 aromatic rings. The van der Waals surface area contributed by atoms with Gasteiger partial charge in [-0.15, -0.1) is 0 Å². The average Bonchev–Trinajstić information content (AvgIpc) is 3.19.